The third-order valence-corrected chi connectivity index (χ3v) is 6.31. The Labute approximate surface area is 137 Å². The lowest BCUT2D eigenvalue weighted by atomic mass is 10.3. The number of nitro groups is 1. The molecule has 11 heteroatoms. The molecular weight excluding hydrogens is 406 g/mol. The summed E-state index contributed by atoms with van der Waals surface area (Å²) in [5.74, 6) is 0. The van der Waals surface area contributed by atoms with Gasteiger partial charge in [-0.1, -0.05) is 22.9 Å². The maximum atomic E-state index is 12.3. The Balaban J connectivity index is 2.43. The quantitative estimate of drug-likeness (QED) is 0.611. The Bertz CT molecular complexity index is 822. The molecule has 21 heavy (non-hydrogen) atoms. The van der Waals surface area contributed by atoms with Gasteiger partial charge in [-0.05, 0) is 28.9 Å². The Kier molecular flexibility index (Phi) is 4.51. The standard InChI is InChI=1S/C10H7BrClN3O4S2/c1-5-9(20-10(12)13-5)21(18,19)14-8-4-6(15(16)17)2-3-7(8)11/h2-4,14H,1H3. The Morgan fingerprint density at radius 2 is 2.14 bits per heavy atom. The van der Waals surface area contributed by atoms with E-state index in [1.165, 1.54) is 19.1 Å². The molecule has 0 bridgehead atoms. The average molecular weight is 413 g/mol. The SMILES string of the molecule is Cc1nc(Cl)sc1S(=O)(=O)Nc1cc([N+](=O)[O-])ccc1Br. The van der Waals surface area contributed by atoms with Crippen LogP contribution in [0.15, 0.2) is 26.9 Å². The number of benzene rings is 1. The topological polar surface area (TPSA) is 102 Å². The van der Waals surface area contributed by atoms with Gasteiger partial charge in [-0.2, -0.15) is 0 Å². The number of rotatable bonds is 4. The van der Waals surface area contributed by atoms with Crippen LogP contribution in [0.2, 0.25) is 4.47 Å². The molecule has 0 spiro atoms. The van der Waals surface area contributed by atoms with Crippen molar-refractivity contribution >= 4 is 60.3 Å². The van der Waals surface area contributed by atoms with Crippen LogP contribution in [0, 0.1) is 17.0 Å². The summed E-state index contributed by atoms with van der Waals surface area (Å²) >= 11 is 9.64. The highest BCUT2D eigenvalue weighted by molar-refractivity contribution is 9.10. The van der Waals surface area contributed by atoms with Gasteiger partial charge in [0.1, 0.15) is 0 Å². The monoisotopic (exact) mass is 411 g/mol. The summed E-state index contributed by atoms with van der Waals surface area (Å²) in [7, 11) is -3.92. The minimum atomic E-state index is -3.92. The van der Waals surface area contributed by atoms with Gasteiger partial charge in [0.15, 0.2) is 8.68 Å². The molecule has 0 atom stereocenters. The highest BCUT2D eigenvalue weighted by Gasteiger charge is 2.23. The van der Waals surface area contributed by atoms with E-state index in [1.807, 2.05) is 0 Å². The molecule has 0 radical (unpaired) electrons. The second kappa shape index (κ2) is 5.87. The zero-order valence-electron chi connectivity index (χ0n) is 10.3. The molecule has 0 unspecified atom stereocenters. The fourth-order valence-corrected chi connectivity index (χ4v) is 4.78. The normalized spacial score (nSPS) is 11.4. The van der Waals surface area contributed by atoms with Crippen molar-refractivity contribution in [3.8, 4) is 0 Å². The van der Waals surface area contributed by atoms with E-state index in [1.54, 1.807) is 0 Å². The summed E-state index contributed by atoms with van der Waals surface area (Å²) in [6, 6.07) is 3.78. The smallest absolute Gasteiger partial charge is 0.273 e. The highest BCUT2D eigenvalue weighted by Crippen LogP contribution is 2.32. The van der Waals surface area contributed by atoms with Crippen LogP contribution in [0.25, 0.3) is 0 Å². The van der Waals surface area contributed by atoms with Crippen LogP contribution < -0.4 is 4.72 Å². The van der Waals surface area contributed by atoms with Gasteiger partial charge < -0.3 is 0 Å². The van der Waals surface area contributed by atoms with E-state index in [0.717, 1.165) is 17.4 Å². The molecule has 1 aromatic heterocycles. The van der Waals surface area contributed by atoms with Gasteiger partial charge in [0.2, 0.25) is 0 Å². The number of halogens is 2. The predicted molar refractivity (Wildman–Crippen MR) is 83.5 cm³/mol. The van der Waals surface area contributed by atoms with E-state index in [-0.39, 0.29) is 25.7 Å². The van der Waals surface area contributed by atoms with Gasteiger partial charge in [-0.25, -0.2) is 13.4 Å². The lowest BCUT2D eigenvalue weighted by Crippen LogP contribution is -2.13. The lowest BCUT2D eigenvalue weighted by molar-refractivity contribution is -0.384. The number of nitrogens with zero attached hydrogens (tertiary/aromatic N) is 2. The van der Waals surface area contributed by atoms with Crippen molar-refractivity contribution in [2.24, 2.45) is 0 Å². The molecule has 0 aliphatic rings. The molecule has 0 aliphatic carbocycles. The number of nitro benzene ring substituents is 1. The molecule has 0 aliphatic heterocycles. The van der Waals surface area contributed by atoms with Crippen molar-refractivity contribution in [3.05, 3.63) is 42.9 Å². The fraction of sp³-hybridized carbons (Fsp3) is 0.100. The first kappa shape index (κ1) is 16.1. The number of hydrogen-bond donors (Lipinski definition) is 1. The minimum absolute atomic E-state index is 0.0362. The van der Waals surface area contributed by atoms with Crippen molar-refractivity contribution in [1.82, 2.24) is 4.98 Å². The van der Waals surface area contributed by atoms with Crippen molar-refractivity contribution in [2.45, 2.75) is 11.1 Å². The molecule has 0 fully saturated rings. The number of sulfonamides is 1. The van der Waals surface area contributed by atoms with Crippen LogP contribution in [0.5, 0.6) is 0 Å². The molecule has 0 saturated heterocycles. The predicted octanol–water partition coefficient (Wildman–Crippen LogP) is 3.58. The van der Waals surface area contributed by atoms with Gasteiger partial charge in [-0.3, -0.25) is 14.8 Å². The van der Waals surface area contributed by atoms with Gasteiger partial charge in [0.05, 0.1) is 16.3 Å². The van der Waals surface area contributed by atoms with Crippen molar-refractivity contribution in [1.29, 1.82) is 0 Å². The first-order valence-electron chi connectivity index (χ1n) is 5.30. The largest absolute Gasteiger partial charge is 0.277 e. The molecule has 0 amide bonds. The summed E-state index contributed by atoms with van der Waals surface area (Å²) in [4.78, 5) is 14.0. The number of thiazole rings is 1. The lowest BCUT2D eigenvalue weighted by Gasteiger charge is -2.08. The maximum Gasteiger partial charge on any atom is 0.273 e. The van der Waals surface area contributed by atoms with Crippen molar-refractivity contribution in [2.75, 3.05) is 4.72 Å². The van der Waals surface area contributed by atoms with Crippen LogP contribution in [0.4, 0.5) is 11.4 Å². The second-order valence-electron chi connectivity index (χ2n) is 3.87. The van der Waals surface area contributed by atoms with E-state index in [2.05, 4.69) is 25.6 Å². The van der Waals surface area contributed by atoms with Crippen molar-refractivity contribution < 1.29 is 13.3 Å². The Morgan fingerprint density at radius 1 is 1.48 bits per heavy atom. The second-order valence-corrected chi connectivity index (χ2v) is 8.18. The summed E-state index contributed by atoms with van der Waals surface area (Å²) < 4.78 is 27.3. The number of non-ortho nitro benzene ring substituents is 1. The van der Waals surface area contributed by atoms with Crippen LogP contribution in [-0.2, 0) is 10.0 Å². The van der Waals surface area contributed by atoms with E-state index in [0.29, 0.717) is 4.47 Å². The van der Waals surface area contributed by atoms with Gasteiger partial charge >= 0.3 is 0 Å². The van der Waals surface area contributed by atoms with E-state index in [4.69, 9.17) is 11.6 Å². The third kappa shape index (κ3) is 3.51. The maximum absolute atomic E-state index is 12.3. The molecule has 0 saturated carbocycles. The highest BCUT2D eigenvalue weighted by atomic mass is 79.9. The number of hydrogen-bond acceptors (Lipinski definition) is 6. The van der Waals surface area contributed by atoms with E-state index >= 15 is 0 Å². The number of anilines is 1. The van der Waals surface area contributed by atoms with Crippen LogP contribution in [0.3, 0.4) is 0 Å². The number of aryl methyl sites for hydroxylation is 1. The molecule has 2 rings (SSSR count). The summed E-state index contributed by atoms with van der Waals surface area (Å²) in [5.41, 5.74) is 0.0992. The molecule has 2 aromatic rings. The fourth-order valence-electron chi connectivity index (χ4n) is 1.50. The van der Waals surface area contributed by atoms with Crippen LogP contribution >= 0.6 is 38.9 Å². The first-order valence-corrected chi connectivity index (χ1v) is 8.77. The molecule has 112 valence electrons. The molecule has 1 aromatic carbocycles. The third-order valence-electron chi connectivity index (χ3n) is 2.38. The zero-order valence-corrected chi connectivity index (χ0v) is 14.3. The molecular formula is C10H7BrClN3O4S2. The average Bonchev–Trinajstić information content (AvgIpc) is 2.71. The summed E-state index contributed by atoms with van der Waals surface area (Å²) in [6.07, 6.45) is 0. The molecule has 1 N–H and O–H groups in total. The Morgan fingerprint density at radius 3 is 2.67 bits per heavy atom. The summed E-state index contributed by atoms with van der Waals surface area (Å²) in [6.45, 7) is 1.51. The van der Waals surface area contributed by atoms with Gasteiger partial charge in [0.25, 0.3) is 15.7 Å². The summed E-state index contributed by atoms with van der Waals surface area (Å²) in [5, 5.41) is 10.7. The molecule has 7 nitrogen and oxygen atoms in total. The van der Waals surface area contributed by atoms with E-state index < -0.39 is 14.9 Å². The van der Waals surface area contributed by atoms with Crippen LogP contribution in [0.1, 0.15) is 5.69 Å². The molecule has 1 heterocycles. The number of nitrogens with one attached hydrogen (secondary N) is 1. The number of aromatic nitrogens is 1. The minimum Gasteiger partial charge on any atom is -0.277 e. The van der Waals surface area contributed by atoms with Crippen LogP contribution in [-0.4, -0.2) is 18.3 Å². The van der Waals surface area contributed by atoms with E-state index in [9.17, 15) is 18.5 Å². The van der Waals surface area contributed by atoms with Gasteiger partial charge in [-0.15, -0.1) is 0 Å². The zero-order chi connectivity index (χ0) is 15.8. The van der Waals surface area contributed by atoms with Gasteiger partial charge in [0, 0.05) is 16.6 Å². The van der Waals surface area contributed by atoms with Crippen molar-refractivity contribution in [3.63, 3.8) is 0 Å². The first-order chi connectivity index (χ1) is 9.70. The Hall–Kier alpha value is -1.23.